The zero-order chi connectivity index (χ0) is 14.6. The van der Waals surface area contributed by atoms with Crippen LogP contribution in [0.4, 0.5) is 0 Å². The van der Waals surface area contributed by atoms with Crippen molar-refractivity contribution >= 4 is 29.7 Å². The van der Waals surface area contributed by atoms with E-state index in [-0.39, 0.29) is 52.0 Å². The zero-order valence-corrected chi connectivity index (χ0v) is 15.1. The van der Waals surface area contributed by atoms with E-state index in [4.69, 9.17) is 4.74 Å². The summed E-state index contributed by atoms with van der Waals surface area (Å²) >= 11 is 1.30. The second-order valence-corrected chi connectivity index (χ2v) is 5.81. The largest absolute Gasteiger partial charge is 1.00 e. The molecule has 0 radical (unpaired) electrons. The standard InChI is InChI=1S/C13H11N3O4S.Na.H2O/c17-11-8(12-16(11)9(6-21-12)13(18)19)3-7-4-14-10-5-20-2-1-15(7)10;;/h3-4,6,12H,1-2,5H2,(H,18,19);;1H2/q;+1;/p-1/b8-3-;;/t12-;;/m1../s1. The van der Waals surface area contributed by atoms with Crippen LogP contribution < -0.4 is 34.7 Å². The summed E-state index contributed by atoms with van der Waals surface area (Å²) < 4.78 is 7.33. The second-order valence-electron chi connectivity index (χ2n) is 4.86. The van der Waals surface area contributed by atoms with Gasteiger partial charge in [-0.3, -0.25) is 9.69 Å². The number of thioether (sulfide) groups is 1. The number of ether oxygens (including phenoxy) is 1. The SMILES string of the molecule is O.O=C([O-])C1=CS[C@@H]2/C(=C\c3cnc4n3CCOC4)C(=O)N12.[Na+]. The quantitative estimate of drug-likeness (QED) is 0.303. The van der Waals surface area contributed by atoms with Crippen LogP contribution >= 0.6 is 11.8 Å². The molecule has 10 heteroatoms. The Bertz CT molecular complexity index is 729. The monoisotopic (exact) mass is 345 g/mol. The molecule has 1 aromatic heterocycles. The van der Waals surface area contributed by atoms with Crippen LogP contribution in [0.3, 0.4) is 0 Å². The number of nitrogens with zero attached hydrogens (tertiary/aromatic N) is 3. The Labute approximate surface area is 157 Å². The smallest absolute Gasteiger partial charge is 0.543 e. The van der Waals surface area contributed by atoms with Gasteiger partial charge in [-0.2, -0.15) is 0 Å². The number of aliphatic carboxylic acids is 1. The molecule has 23 heavy (non-hydrogen) atoms. The van der Waals surface area contributed by atoms with Gasteiger partial charge in [-0.1, -0.05) is 0 Å². The first-order chi connectivity index (χ1) is 10.2. The number of aromatic nitrogens is 2. The van der Waals surface area contributed by atoms with Crippen molar-refractivity contribution in [2.24, 2.45) is 0 Å². The fourth-order valence-corrected chi connectivity index (χ4v) is 3.77. The number of imidazole rings is 1. The molecule has 116 valence electrons. The number of amides is 1. The Kier molecular flexibility index (Phi) is 5.39. The molecule has 8 nitrogen and oxygen atoms in total. The van der Waals surface area contributed by atoms with E-state index >= 15 is 0 Å². The summed E-state index contributed by atoms with van der Waals surface area (Å²) in [5, 5.41) is 12.1. The predicted molar refractivity (Wildman–Crippen MR) is 74.8 cm³/mol. The molecule has 3 aliphatic heterocycles. The van der Waals surface area contributed by atoms with E-state index in [0.29, 0.717) is 25.3 Å². The molecular formula is C13H12N3NaO5S. The van der Waals surface area contributed by atoms with Gasteiger partial charge < -0.3 is 24.7 Å². The molecule has 1 fully saturated rings. The summed E-state index contributed by atoms with van der Waals surface area (Å²) in [6.45, 7) is 1.79. The molecule has 0 aliphatic carbocycles. The van der Waals surface area contributed by atoms with Crippen molar-refractivity contribution in [1.29, 1.82) is 0 Å². The van der Waals surface area contributed by atoms with Gasteiger partial charge in [0.1, 0.15) is 17.8 Å². The van der Waals surface area contributed by atoms with Crippen LogP contribution in [0, 0.1) is 0 Å². The van der Waals surface area contributed by atoms with Crippen molar-refractivity contribution in [1.82, 2.24) is 14.5 Å². The van der Waals surface area contributed by atoms with Gasteiger partial charge in [-0.05, 0) is 11.5 Å². The van der Waals surface area contributed by atoms with Crippen molar-refractivity contribution in [3.63, 3.8) is 0 Å². The second kappa shape index (κ2) is 6.80. The molecule has 1 aromatic rings. The molecule has 1 amide bonds. The minimum Gasteiger partial charge on any atom is -0.543 e. The molecule has 0 bridgehead atoms. The first-order valence-corrected chi connectivity index (χ1v) is 7.35. The Hall–Kier alpha value is -1.10. The Balaban J connectivity index is 0.000000960. The molecular weight excluding hydrogens is 333 g/mol. The molecule has 1 saturated heterocycles. The molecule has 3 aliphatic rings. The van der Waals surface area contributed by atoms with Gasteiger partial charge in [-0.25, -0.2) is 4.98 Å². The van der Waals surface area contributed by atoms with E-state index in [0.717, 1.165) is 11.5 Å². The fourth-order valence-electron chi connectivity index (χ4n) is 2.66. The molecule has 2 N–H and O–H groups in total. The first kappa shape index (κ1) is 18.2. The van der Waals surface area contributed by atoms with E-state index in [1.54, 1.807) is 12.3 Å². The maximum absolute atomic E-state index is 12.1. The fraction of sp³-hybridized carbons (Fsp3) is 0.308. The third-order valence-electron chi connectivity index (χ3n) is 3.71. The summed E-state index contributed by atoms with van der Waals surface area (Å²) in [5.41, 5.74) is 1.37. The Morgan fingerprint density at radius 2 is 2.30 bits per heavy atom. The van der Waals surface area contributed by atoms with E-state index < -0.39 is 5.97 Å². The maximum atomic E-state index is 12.1. The average molecular weight is 345 g/mol. The number of rotatable bonds is 2. The molecule has 4 rings (SSSR count). The van der Waals surface area contributed by atoms with Gasteiger partial charge >= 0.3 is 29.6 Å². The summed E-state index contributed by atoms with van der Waals surface area (Å²) in [6.07, 6.45) is 3.49. The van der Waals surface area contributed by atoms with Crippen LogP contribution in [0.15, 0.2) is 22.9 Å². The topological polar surface area (TPSA) is 119 Å². The van der Waals surface area contributed by atoms with E-state index in [9.17, 15) is 14.7 Å². The van der Waals surface area contributed by atoms with E-state index in [1.807, 2.05) is 4.57 Å². The van der Waals surface area contributed by atoms with Gasteiger partial charge in [0.15, 0.2) is 0 Å². The number of fused-ring (bicyclic) bond motifs is 2. The number of hydrogen-bond acceptors (Lipinski definition) is 6. The van der Waals surface area contributed by atoms with Gasteiger partial charge in [0.25, 0.3) is 5.91 Å². The van der Waals surface area contributed by atoms with Gasteiger partial charge in [-0.15, -0.1) is 11.8 Å². The molecule has 0 saturated carbocycles. The van der Waals surface area contributed by atoms with Crippen LogP contribution in [0.1, 0.15) is 11.5 Å². The van der Waals surface area contributed by atoms with Crippen molar-refractivity contribution in [3.8, 4) is 0 Å². The predicted octanol–water partition coefficient (Wildman–Crippen LogP) is -4.52. The third-order valence-corrected chi connectivity index (χ3v) is 4.79. The average Bonchev–Trinajstić information content (AvgIpc) is 3.06. The van der Waals surface area contributed by atoms with Crippen LogP contribution in [0.2, 0.25) is 0 Å². The minimum absolute atomic E-state index is 0. The maximum Gasteiger partial charge on any atom is 1.00 e. The Morgan fingerprint density at radius 1 is 1.52 bits per heavy atom. The van der Waals surface area contributed by atoms with Crippen molar-refractivity contribution in [3.05, 3.63) is 34.4 Å². The number of carboxylic acid groups (broad SMARTS) is 1. The normalized spacial score (nSPS) is 23.2. The third kappa shape index (κ3) is 2.77. The summed E-state index contributed by atoms with van der Waals surface area (Å²) in [7, 11) is 0. The molecule has 4 heterocycles. The number of hydrogen-bond donors (Lipinski definition) is 0. The van der Waals surface area contributed by atoms with Gasteiger partial charge in [0.2, 0.25) is 0 Å². The number of carbonyl (C=O) groups is 2. The molecule has 1 atom stereocenters. The van der Waals surface area contributed by atoms with Gasteiger partial charge in [0.05, 0.1) is 35.7 Å². The number of carbonyl (C=O) groups excluding carboxylic acids is 2. The number of β-lactam (4-membered cyclic amide) rings is 1. The van der Waals surface area contributed by atoms with E-state index in [2.05, 4.69) is 4.98 Å². The number of carboxylic acids is 1. The summed E-state index contributed by atoms with van der Waals surface area (Å²) in [6, 6.07) is 0. The van der Waals surface area contributed by atoms with Crippen LogP contribution in [0.25, 0.3) is 6.08 Å². The van der Waals surface area contributed by atoms with Gasteiger partial charge in [0, 0.05) is 6.54 Å². The first-order valence-electron chi connectivity index (χ1n) is 6.41. The van der Waals surface area contributed by atoms with Crippen molar-refractivity contribution in [2.75, 3.05) is 6.61 Å². The molecule has 0 aromatic carbocycles. The van der Waals surface area contributed by atoms with Crippen LogP contribution in [0.5, 0.6) is 0 Å². The molecule has 0 unspecified atom stereocenters. The van der Waals surface area contributed by atoms with Crippen molar-refractivity contribution < 1.29 is 54.5 Å². The summed E-state index contributed by atoms with van der Waals surface area (Å²) in [5.74, 6) is -0.774. The van der Waals surface area contributed by atoms with E-state index in [1.165, 1.54) is 22.1 Å². The molecule has 0 spiro atoms. The zero-order valence-electron chi connectivity index (χ0n) is 12.3. The van der Waals surface area contributed by atoms with Crippen LogP contribution in [-0.2, 0) is 27.5 Å². The van der Waals surface area contributed by atoms with Crippen molar-refractivity contribution in [2.45, 2.75) is 18.5 Å². The Morgan fingerprint density at radius 3 is 3.04 bits per heavy atom. The minimum atomic E-state index is -1.32. The summed E-state index contributed by atoms with van der Waals surface area (Å²) in [4.78, 5) is 28.5. The van der Waals surface area contributed by atoms with Crippen LogP contribution in [-0.4, -0.2) is 43.8 Å².